The average molecular weight is 334 g/mol. The van der Waals surface area contributed by atoms with Gasteiger partial charge in [0.1, 0.15) is 5.60 Å². The van der Waals surface area contributed by atoms with Gasteiger partial charge >= 0.3 is 6.09 Å². The first-order valence-corrected chi connectivity index (χ1v) is 8.58. The highest BCUT2D eigenvalue weighted by atomic mass is 35.5. The number of halogens is 1. The minimum atomic E-state index is -3.36. The number of ether oxygens (including phenoxy) is 1. The van der Waals surface area contributed by atoms with Crippen LogP contribution < -0.4 is 5.32 Å². The lowest BCUT2D eigenvalue weighted by Crippen LogP contribution is -2.33. The van der Waals surface area contributed by atoms with E-state index in [2.05, 4.69) is 5.32 Å². The Bertz CT molecular complexity index is 576. The molecule has 7 heteroatoms. The van der Waals surface area contributed by atoms with Gasteiger partial charge in [0.05, 0.1) is 10.6 Å². The van der Waals surface area contributed by atoms with Crippen molar-refractivity contribution in [2.24, 2.45) is 0 Å². The fraction of sp³-hybridized carbons (Fsp3) is 0.500. The van der Waals surface area contributed by atoms with E-state index in [4.69, 9.17) is 16.3 Å². The van der Waals surface area contributed by atoms with Gasteiger partial charge in [0.2, 0.25) is 0 Å². The summed E-state index contributed by atoms with van der Waals surface area (Å²) in [6.07, 6.45) is -0.240. The van der Waals surface area contributed by atoms with Gasteiger partial charge < -0.3 is 10.1 Å². The average Bonchev–Trinajstić information content (AvgIpc) is 2.33. The summed E-state index contributed by atoms with van der Waals surface area (Å²) >= 11 is 5.72. The van der Waals surface area contributed by atoms with Gasteiger partial charge in [0.25, 0.3) is 0 Å². The van der Waals surface area contributed by atoms with Crippen LogP contribution in [0.2, 0.25) is 5.02 Å². The largest absolute Gasteiger partial charge is 0.444 e. The number of hydrogen-bond acceptors (Lipinski definition) is 4. The molecule has 0 aliphatic heterocycles. The van der Waals surface area contributed by atoms with Crippen LogP contribution in [0.1, 0.15) is 27.2 Å². The van der Waals surface area contributed by atoms with Crippen LogP contribution in [0.4, 0.5) is 4.79 Å². The molecule has 1 N–H and O–H groups in total. The van der Waals surface area contributed by atoms with Gasteiger partial charge in [-0.15, -0.1) is 0 Å². The predicted molar refractivity (Wildman–Crippen MR) is 82.4 cm³/mol. The monoisotopic (exact) mass is 333 g/mol. The van der Waals surface area contributed by atoms with Gasteiger partial charge in [-0.05, 0) is 51.5 Å². The maximum Gasteiger partial charge on any atom is 0.407 e. The van der Waals surface area contributed by atoms with Crippen LogP contribution in [0.15, 0.2) is 29.2 Å². The summed E-state index contributed by atoms with van der Waals surface area (Å²) in [4.78, 5) is 11.6. The third kappa shape index (κ3) is 6.82. The number of rotatable bonds is 5. The van der Waals surface area contributed by atoms with Crippen molar-refractivity contribution >= 4 is 27.5 Å². The Balaban J connectivity index is 2.41. The zero-order valence-electron chi connectivity index (χ0n) is 12.3. The topological polar surface area (TPSA) is 72.5 Å². The Morgan fingerprint density at radius 2 is 1.81 bits per heavy atom. The molecule has 0 heterocycles. The molecular formula is C14H20ClNO4S. The molecule has 0 atom stereocenters. The molecule has 0 spiro atoms. The molecule has 21 heavy (non-hydrogen) atoms. The SMILES string of the molecule is CC(C)(C)OC(=O)NCCCS(=O)(=O)c1ccc(Cl)cc1. The maximum absolute atomic E-state index is 12.0. The van der Waals surface area contributed by atoms with Crippen LogP contribution in [0.25, 0.3) is 0 Å². The number of sulfone groups is 1. The number of benzene rings is 1. The van der Waals surface area contributed by atoms with Crippen molar-refractivity contribution in [1.29, 1.82) is 0 Å². The third-order valence-electron chi connectivity index (χ3n) is 2.43. The predicted octanol–water partition coefficient (Wildman–Crippen LogP) is 3.03. The molecule has 0 unspecified atom stereocenters. The highest BCUT2D eigenvalue weighted by molar-refractivity contribution is 7.91. The highest BCUT2D eigenvalue weighted by Crippen LogP contribution is 2.15. The van der Waals surface area contributed by atoms with E-state index in [1.165, 1.54) is 24.3 Å². The molecule has 118 valence electrons. The molecule has 1 rings (SSSR count). The second-order valence-corrected chi connectivity index (χ2v) is 8.10. The van der Waals surface area contributed by atoms with Gasteiger partial charge in [0.15, 0.2) is 9.84 Å². The number of nitrogens with one attached hydrogen (secondary N) is 1. The minimum absolute atomic E-state index is 0.0512. The Kier molecular flexibility index (Phi) is 6.04. The lowest BCUT2D eigenvalue weighted by Gasteiger charge is -2.19. The molecule has 0 radical (unpaired) electrons. The number of carbonyl (C=O) groups is 1. The first-order valence-electron chi connectivity index (χ1n) is 6.55. The molecule has 0 aliphatic carbocycles. The van der Waals surface area contributed by atoms with Crippen LogP contribution >= 0.6 is 11.6 Å². The fourth-order valence-corrected chi connectivity index (χ4v) is 2.96. The molecule has 0 bridgehead atoms. The van der Waals surface area contributed by atoms with Gasteiger partial charge in [-0.2, -0.15) is 0 Å². The molecule has 5 nitrogen and oxygen atoms in total. The summed E-state index contributed by atoms with van der Waals surface area (Å²) < 4.78 is 29.1. The molecular weight excluding hydrogens is 314 g/mol. The summed E-state index contributed by atoms with van der Waals surface area (Å²) in [7, 11) is -3.36. The normalized spacial score (nSPS) is 12.0. The Labute approximate surface area is 130 Å². The van der Waals surface area contributed by atoms with Crippen molar-refractivity contribution in [3.63, 3.8) is 0 Å². The Morgan fingerprint density at radius 1 is 1.24 bits per heavy atom. The Hall–Kier alpha value is -1.27. The van der Waals surface area contributed by atoms with Crippen molar-refractivity contribution in [2.75, 3.05) is 12.3 Å². The molecule has 1 amide bonds. The standard InChI is InChI=1S/C14H20ClNO4S/c1-14(2,3)20-13(17)16-9-4-10-21(18,19)12-7-5-11(15)6-8-12/h5-8H,4,9-10H2,1-3H3,(H,16,17). The van der Waals surface area contributed by atoms with Gasteiger partial charge in [0, 0.05) is 11.6 Å². The Morgan fingerprint density at radius 3 is 2.33 bits per heavy atom. The zero-order chi connectivity index (χ0) is 16.1. The summed E-state index contributed by atoms with van der Waals surface area (Å²) in [5, 5.41) is 3.01. The van der Waals surface area contributed by atoms with E-state index in [1.807, 2.05) is 0 Å². The minimum Gasteiger partial charge on any atom is -0.444 e. The van der Waals surface area contributed by atoms with E-state index in [-0.39, 0.29) is 17.2 Å². The first-order chi connectivity index (χ1) is 9.60. The van der Waals surface area contributed by atoms with E-state index in [9.17, 15) is 13.2 Å². The molecule has 0 aromatic heterocycles. The van der Waals surface area contributed by atoms with Gasteiger partial charge in [-0.25, -0.2) is 13.2 Å². The number of alkyl carbamates (subject to hydrolysis) is 1. The number of hydrogen-bond donors (Lipinski definition) is 1. The van der Waals surface area contributed by atoms with E-state index in [0.29, 0.717) is 11.4 Å². The van der Waals surface area contributed by atoms with E-state index in [0.717, 1.165) is 0 Å². The first kappa shape index (κ1) is 17.8. The molecule has 0 aliphatic rings. The fourth-order valence-electron chi connectivity index (χ4n) is 1.53. The summed E-state index contributed by atoms with van der Waals surface area (Å²) in [6, 6.07) is 6.01. The maximum atomic E-state index is 12.0. The quantitative estimate of drug-likeness (QED) is 0.841. The summed E-state index contributed by atoms with van der Waals surface area (Å²) in [6.45, 7) is 5.52. The molecule has 0 fully saturated rings. The summed E-state index contributed by atoms with van der Waals surface area (Å²) in [5.74, 6) is -0.0512. The van der Waals surface area contributed by atoms with Crippen molar-refractivity contribution in [3.05, 3.63) is 29.3 Å². The third-order valence-corrected chi connectivity index (χ3v) is 4.50. The highest BCUT2D eigenvalue weighted by Gasteiger charge is 2.17. The van der Waals surface area contributed by atoms with E-state index in [1.54, 1.807) is 20.8 Å². The van der Waals surface area contributed by atoms with Crippen LogP contribution in [0.5, 0.6) is 0 Å². The molecule has 1 aromatic rings. The van der Waals surface area contributed by atoms with E-state index < -0.39 is 21.5 Å². The van der Waals surface area contributed by atoms with E-state index >= 15 is 0 Å². The molecule has 0 saturated heterocycles. The molecule has 1 aromatic carbocycles. The van der Waals surface area contributed by atoms with Crippen molar-refractivity contribution in [1.82, 2.24) is 5.32 Å². The lowest BCUT2D eigenvalue weighted by atomic mass is 10.2. The van der Waals surface area contributed by atoms with Crippen LogP contribution in [-0.2, 0) is 14.6 Å². The van der Waals surface area contributed by atoms with Crippen LogP contribution in [-0.4, -0.2) is 32.4 Å². The van der Waals surface area contributed by atoms with Gasteiger partial charge in [-0.1, -0.05) is 11.6 Å². The second kappa shape index (κ2) is 7.13. The second-order valence-electron chi connectivity index (χ2n) is 5.56. The number of carbonyl (C=O) groups excluding carboxylic acids is 1. The van der Waals surface area contributed by atoms with Crippen molar-refractivity contribution < 1.29 is 17.9 Å². The van der Waals surface area contributed by atoms with Gasteiger partial charge in [-0.3, -0.25) is 0 Å². The van der Waals surface area contributed by atoms with Crippen molar-refractivity contribution in [2.45, 2.75) is 37.7 Å². The molecule has 0 saturated carbocycles. The lowest BCUT2D eigenvalue weighted by molar-refractivity contribution is 0.0528. The number of amides is 1. The zero-order valence-corrected chi connectivity index (χ0v) is 13.9. The smallest absolute Gasteiger partial charge is 0.407 e. The summed E-state index contributed by atoms with van der Waals surface area (Å²) in [5.41, 5.74) is -0.570. The van der Waals surface area contributed by atoms with Crippen LogP contribution in [0, 0.1) is 0 Å². The van der Waals surface area contributed by atoms with Crippen molar-refractivity contribution in [3.8, 4) is 0 Å². The van der Waals surface area contributed by atoms with Crippen LogP contribution in [0.3, 0.4) is 0 Å².